The van der Waals surface area contributed by atoms with Gasteiger partial charge in [0, 0.05) is 31.4 Å². The van der Waals surface area contributed by atoms with Gasteiger partial charge in [0.15, 0.2) is 0 Å². The van der Waals surface area contributed by atoms with Gasteiger partial charge in [0.2, 0.25) is 0 Å². The normalized spacial score (nSPS) is 12.9. The second-order valence-electron chi connectivity index (χ2n) is 3.70. The number of nitrogens with zero attached hydrogens (tertiary/aromatic N) is 4. The van der Waals surface area contributed by atoms with Crippen LogP contribution in [0, 0.1) is 0 Å². The average molecular weight is 237 g/mol. The Morgan fingerprint density at radius 2 is 2.44 bits per heavy atom. The summed E-state index contributed by atoms with van der Waals surface area (Å²) in [4.78, 5) is 4.27. The van der Waals surface area contributed by atoms with E-state index < -0.39 is 0 Å². The lowest BCUT2D eigenvalue weighted by Crippen LogP contribution is -2.22. The third-order valence-corrected chi connectivity index (χ3v) is 3.10. The Bertz CT molecular complexity index is 422. The molecule has 1 unspecified atom stereocenters. The average Bonchev–Trinajstić information content (AvgIpc) is 2.90. The molecule has 0 amide bonds. The highest BCUT2D eigenvalue weighted by molar-refractivity contribution is 7.07. The molecule has 1 atom stereocenters. The monoisotopic (exact) mass is 237 g/mol. The second kappa shape index (κ2) is 5.18. The van der Waals surface area contributed by atoms with E-state index in [0.717, 1.165) is 24.5 Å². The molecule has 0 aliphatic heterocycles. The molecule has 0 radical (unpaired) electrons. The van der Waals surface area contributed by atoms with Crippen molar-refractivity contribution in [3.05, 3.63) is 28.7 Å². The van der Waals surface area contributed by atoms with Gasteiger partial charge in [-0.15, -0.1) is 21.5 Å². The largest absolute Gasteiger partial charge is 0.321 e. The Kier molecular flexibility index (Phi) is 3.63. The highest BCUT2D eigenvalue weighted by Gasteiger charge is 2.07. The summed E-state index contributed by atoms with van der Waals surface area (Å²) in [7, 11) is 1.96. The van der Waals surface area contributed by atoms with Crippen LogP contribution in [0.15, 0.2) is 17.2 Å². The molecule has 0 saturated heterocycles. The summed E-state index contributed by atoms with van der Waals surface area (Å²) in [5.41, 5.74) is 2.96. The first-order valence-electron chi connectivity index (χ1n) is 5.21. The van der Waals surface area contributed by atoms with Crippen molar-refractivity contribution in [1.29, 1.82) is 0 Å². The third kappa shape index (κ3) is 2.65. The van der Waals surface area contributed by atoms with Crippen molar-refractivity contribution in [2.45, 2.75) is 19.4 Å². The Morgan fingerprint density at radius 3 is 3.06 bits per heavy atom. The van der Waals surface area contributed by atoms with Crippen LogP contribution in [0.25, 0.3) is 0 Å². The number of hydrogen-bond acceptors (Lipinski definition) is 5. The summed E-state index contributed by atoms with van der Waals surface area (Å²) in [6.45, 7) is 3.00. The SMILES string of the molecule is CC(NCCc1nncn1C)c1cscn1. The van der Waals surface area contributed by atoms with E-state index in [9.17, 15) is 0 Å². The van der Waals surface area contributed by atoms with Crippen molar-refractivity contribution in [3.8, 4) is 0 Å². The quantitative estimate of drug-likeness (QED) is 0.848. The number of nitrogens with one attached hydrogen (secondary N) is 1. The number of aromatic nitrogens is 4. The zero-order valence-electron chi connectivity index (χ0n) is 9.42. The minimum atomic E-state index is 0.291. The lowest BCUT2D eigenvalue weighted by Gasteiger charge is -2.10. The summed E-state index contributed by atoms with van der Waals surface area (Å²) in [5, 5.41) is 13.4. The predicted molar refractivity (Wildman–Crippen MR) is 63.2 cm³/mol. The molecule has 0 spiro atoms. The fourth-order valence-electron chi connectivity index (χ4n) is 1.47. The van der Waals surface area contributed by atoms with Crippen molar-refractivity contribution in [3.63, 3.8) is 0 Å². The van der Waals surface area contributed by atoms with E-state index in [4.69, 9.17) is 0 Å². The lowest BCUT2D eigenvalue weighted by molar-refractivity contribution is 0.555. The maximum absolute atomic E-state index is 4.27. The van der Waals surface area contributed by atoms with E-state index in [2.05, 4.69) is 32.8 Å². The molecule has 5 nitrogen and oxygen atoms in total. The molecule has 86 valence electrons. The standard InChI is InChI=1S/C10H15N5S/c1-8(9-5-16-7-12-9)11-4-3-10-14-13-6-15(10)2/h5-8,11H,3-4H2,1-2H3. The minimum Gasteiger partial charge on any atom is -0.321 e. The van der Waals surface area contributed by atoms with Crippen molar-refractivity contribution in [1.82, 2.24) is 25.1 Å². The van der Waals surface area contributed by atoms with Crippen LogP contribution < -0.4 is 5.32 Å². The van der Waals surface area contributed by atoms with Crippen LogP contribution in [0.2, 0.25) is 0 Å². The van der Waals surface area contributed by atoms with Gasteiger partial charge < -0.3 is 9.88 Å². The van der Waals surface area contributed by atoms with Crippen LogP contribution in [0.5, 0.6) is 0 Å². The van der Waals surface area contributed by atoms with Gasteiger partial charge in [0.05, 0.1) is 11.2 Å². The summed E-state index contributed by atoms with van der Waals surface area (Å²) >= 11 is 1.62. The fourth-order valence-corrected chi connectivity index (χ4v) is 2.12. The summed E-state index contributed by atoms with van der Waals surface area (Å²) in [6, 6.07) is 0.291. The molecule has 2 rings (SSSR count). The van der Waals surface area contributed by atoms with Crippen LogP contribution in [-0.4, -0.2) is 26.3 Å². The summed E-state index contributed by atoms with van der Waals surface area (Å²) in [5.74, 6) is 0.998. The molecule has 0 aliphatic rings. The maximum atomic E-state index is 4.27. The first-order chi connectivity index (χ1) is 7.77. The molecule has 0 fully saturated rings. The number of thiazole rings is 1. The Hall–Kier alpha value is -1.27. The molecule has 2 heterocycles. The highest BCUT2D eigenvalue weighted by atomic mass is 32.1. The van der Waals surface area contributed by atoms with E-state index in [0.29, 0.717) is 6.04 Å². The molecule has 6 heteroatoms. The first-order valence-corrected chi connectivity index (χ1v) is 6.16. The van der Waals surface area contributed by atoms with Crippen LogP contribution >= 0.6 is 11.3 Å². The van der Waals surface area contributed by atoms with E-state index in [1.54, 1.807) is 17.7 Å². The third-order valence-electron chi connectivity index (χ3n) is 2.50. The Labute approximate surface area is 98.5 Å². The van der Waals surface area contributed by atoms with E-state index in [1.807, 2.05) is 17.1 Å². The zero-order chi connectivity index (χ0) is 11.4. The van der Waals surface area contributed by atoms with E-state index >= 15 is 0 Å². The van der Waals surface area contributed by atoms with Gasteiger partial charge in [-0.2, -0.15) is 0 Å². The van der Waals surface area contributed by atoms with Gasteiger partial charge in [-0.3, -0.25) is 0 Å². The molecule has 2 aromatic heterocycles. The highest BCUT2D eigenvalue weighted by Crippen LogP contribution is 2.11. The maximum Gasteiger partial charge on any atom is 0.133 e. The predicted octanol–water partition coefficient (Wildman–Crippen LogP) is 1.16. The molecule has 0 aromatic carbocycles. The Morgan fingerprint density at radius 1 is 1.56 bits per heavy atom. The van der Waals surface area contributed by atoms with Crippen molar-refractivity contribution in [2.75, 3.05) is 6.54 Å². The van der Waals surface area contributed by atoms with Gasteiger partial charge in [-0.05, 0) is 6.92 Å². The van der Waals surface area contributed by atoms with Gasteiger partial charge in [-0.25, -0.2) is 4.98 Å². The molecule has 2 aromatic rings. The van der Waals surface area contributed by atoms with Crippen molar-refractivity contribution < 1.29 is 0 Å². The topological polar surface area (TPSA) is 55.6 Å². The van der Waals surface area contributed by atoms with Gasteiger partial charge in [0.25, 0.3) is 0 Å². The van der Waals surface area contributed by atoms with Crippen LogP contribution in [0.1, 0.15) is 24.5 Å². The molecule has 0 saturated carbocycles. The Balaban J connectivity index is 1.78. The molecule has 0 aliphatic carbocycles. The van der Waals surface area contributed by atoms with E-state index in [1.165, 1.54) is 0 Å². The first kappa shape index (κ1) is 11.2. The van der Waals surface area contributed by atoms with E-state index in [-0.39, 0.29) is 0 Å². The van der Waals surface area contributed by atoms with Gasteiger partial charge in [0.1, 0.15) is 12.2 Å². The number of hydrogen-bond donors (Lipinski definition) is 1. The molecule has 16 heavy (non-hydrogen) atoms. The van der Waals surface area contributed by atoms with Gasteiger partial charge in [-0.1, -0.05) is 0 Å². The van der Waals surface area contributed by atoms with Crippen LogP contribution in [0.3, 0.4) is 0 Å². The molecular weight excluding hydrogens is 222 g/mol. The minimum absolute atomic E-state index is 0.291. The van der Waals surface area contributed by atoms with Crippen molar-refractivity contribution >= 4 is 11.3 Å². The van der Waals surface area contributed by atoms with Crippen LogP contribution in [0.4, 0.5) is 0 Å². The summed E-state index contributed by atoms with van der Waals surface area (Å²) < 4.78 is 1.94. The smallest absolute Gasteiger partial charge is 0.133 e. The summed E-state index contributed by atoms with van der Waals surface area (Å²) in [6.07, 6.45) is 2.60. The molecule has 0 bridgehead atoms. The molecular formula is C10H15N5S. The second-order valence-corrected chi connectivity index (χ2v) is 4.42. The lowest BCUT2D eigenvalue weighted by atomic mass is 10.2. The van der Waals surface area contributed by atoms with Gasteiger partial charge >= 0.3 is 0 Å². The van der Waals surface area contributed by atoms with Crippen LogP contribution in [-0.2, 0) is 13.5 Å². The number of aryl methyl sites for hydroxylation is 1. The van der Waals surface area contributed by atoms with Crippen molar-refractivity contribution in [2.24, 2.45) is 7.05 Å². The fraction of sp³-hybridized carbons (Fsp3) is 0.500. The zero-order valence-corrected chi connectivity index (χ0v) is 10.2. The molecule has 1 N–H and O–H groups in total. The number of rotatable bonds is 5.